The van der Waals surface area contributed by atoms with Gasteiger partial charge in [0, 0.05) is 33.1 Å². The van der Waals surface area contributed by atoms with Crippen LogP contribution in [0.4, 0.5) is 0 Å². The van der Waals surface area contributed by atoms with Gasteiger partial charge in [-0.05, 0) is 77.8 Å². The van der Waals surface area contributed by atoms with E-state index in [1.807, 2.05) is 43.3 Å². The average molecular weight is 593 g/mol. The van der Waals surface area contributed by atoms with Crippen LogP contribution in [0.15, 0.2) is 42.0 Å². The fraction of sp³-hybridized carbons (Fsp3) is 0.455. The molecule has 0 bridgehead atoms. The molecule has 4 aliphatic rings. The first-order valence-corrected chi connectivity index (χ1v) is 14.2. The number of rotatable bonds is 3. The van der Waals surface area contributed by atoms with Gasteiger partial charge < -0.3 is 28.4 Å². The van der Waals surface area contributed by atoms with E-state index in [1.54, 1.807) is 28.1 Å². The highest BCUT2D eigenvalue weighted by Crippen LogP contribution is 2.48. The number of allylic oxidation sites excluding steroid dienone is 1. The summed E-state index contributed by atoms with van der Waals surface area (Å²) in [5.41, 5.74) is 4.09. The molecule has 2 aliphatic heterocycles. The van der Waals surface area contributed by atoms with Crippen molar-refractivity contribution in [3.63, 3.8) is 0 Å². The van der Waals surface area contributed by atoms with Crippen LogP contribution in [0.3, 0.4) is 0 Å². The lowest BCUT2D eigenvalue weighted by Crippen LogP contribution is -2.52. The number of hydrogen-bond acceptors (Lipinski definition) is 10. The van der Waals surface area contributed by atoms with Crippen LogP contribution in [0.5, 0.6) is 11.5 Å². The zero-order valence-electron chi connectivity index (χ0n) is 25.5. The minimum absolute atomic E-state index is 0.00123. The van der Waals surface area contributed by atoms with Crippen LogP contribution in [0.1, 0.15) is 69.7 Å². The molecule has 2 heterocycles. The Hall–Kier alpha value is -4.34. The first-order chi connectivity index (χ1) is 20.2. The number of hydrogen-bond donors (Lipinski definition) is 0. The number of carbonyl (C=O) groups excluding carboxylic acids is 4. The smallest absolute Gasteiger partial charge is 0.349 e. The van der Waals surface area contributed by atoms with Crippen LogP contribution >= 0.6 is 0 Å². The monoisotopic (exact) mass is 592 g/mol. The van der Waals surface area contributed by atoms with Crippen molar-refractivity contribution < 1.29 is 47.6 Å². The molecular weight excluding hydrogens is 556 g/mol. The van der Waals surface area contributed by atoms with Crippen molar-refractivity contribution in [1.29, 1.82) is 0 Å². The summed E-state index contributed by atoms with van der Waals surface area (Å²) in [5.74, 6) is -4.22. The van der Waals surface area contributed by atoms with E-state index in [1.165, 1.54) is 13.8 Å². The number of fused-ring (bicyclic) bond motifs is 2. The summed E-state index contributed by atoms with van der Waals surface area (Å²) < 4.78 is 31.4. The zero-order valence-corrected chi connectivity index (χ0v) is 25.5. The van der Waals surface area contributed by atoms with Gasteiger partial charge in [0.25, 0.3) is 11.6 Å². The van der Waals surface area contributed by atoms with E-state index in [2.05, 4.69) is 0 Å². The minimum atomic E-state index is -1.21. The van der Waals surface area contributed by atoms with Crippen molar-refractivity contribution in [1.82, 2.24) is 0 Å². The van der Waals surface area contributed by atoms with Crippen molar-refractivity contribution in [2.45, 2.75) is 77.3 Å². The Kier molecular flexibility index (Phi) is 7.52. The lowest BCUT2D eigenvalue weighted by molar-refractivity contribution is -0.243. The molecular formula is C33H36O10. The van der Waals surface area contributed by atoms with Gasteiger partial charge in [0.2, 0.25) is 0 Å². The number of cyclic esters (lactones) is 4. The zero-order chi connectivity index (χ0) is 31.3. The molecule has 0 amide bonds. The molecule has 2 aromatic carbocycles. The molecule has 43 heavy (non-hydrogen) atoms. The normalized spacial score (nSPS) is 23.6. The number of ether oxygens (including phenoxy) is 6. The molecule has 228 valence electrons. The molecule has 1 atom stereocenters. The highest BCUT2D eigenvalue weighted by atomic mass is 16.8. The Labute approximate surface area is 250 Å². The molecule has 10 heteroatoms. The van der Waals surface area contributed by atoms with Crippen LogP contribution in [-0.4, -0.2) is 49.7 Å². The van der Waals surface area contributed by atoms with E-state index in [4.69, 9.17) is 28.4 Å². The summed E-state index contributed by atoms with van der Waals surface area (Å²) in [6, 6.07) is 11.4. The van der Waals surface area contributed by atoms with Gasteiger partial charge in [-0.25, -0.2) is 9.59 Å². The largest absolute Gasteiger partial charge is 0.497 e. The van der Waals surface area contributed by atoms with Gasteiger partial charge >= 0.3 is 23.9 Å². The van der Waals surface area contributed by atoms with Gasteiger partial charge in [0.05, 0.1) is 14.2 Å². The number of esters is 4. The number of benzene rings is 2. The Bertz CT molecular complexity index is 1510. The summed E-state index contributed by atoms with van der Waals surface area (Å²) in [5, 5.41) is 0. The Morgan fingerprint density at radius 2 is 1.21 bits per heavy atom. The average Bonchev–Trinajstić information content (AvgIpc) is 3.47. The van der Waals surface area contributed by atoms with E-state index >= 15 is 0 Å². The Morgan fingerprint density at radius 1 is 0.674 bits per heavy atom. The van der Waals surface area contributed by atoms with Crippen LogP contribution in [-0.2, 0) is 56.4 Å². The van der Waals surface area contributed by atoms with Crippen molar-refractivity contribution in [2.75, 3.05) is 14.2 Å². The second-order valence-electron chi connectivity index (χ2n) is 12.2. The van der Waals surface area contributed by atoms with E-state index in [0.29, 0.717) is 29.9 Å². The van der Waals surface area contributed by atoms with Gasteiger partial charge in [0.1, 0.15) is 17.1 Å². The topological polar surface area (TPSA) is 124 Å². The summed E-state index contributed by atoms with van der Waals surface area (Å²) in [6.07, 6.45) is 2.91. The van der Waals surface area contributed by atoms with Crippen molar-refractivity contribution in [2.24, 2.45) is 5.92 Å². The number of methoxy groups -OCH3 is 2. The molecule has 10 nitrogen and oxygen atoms in total. The van der Waals surface area contributed by atoms with E-state index < -0.39 is 46.8 Å². The molecule has 0 saturated carbocycles. The Balaban J connectivity index is 0.000000171. The third-order valence-corrected chi connectivity index (χ3v) is 8.32. The summed E-state index contributed by atoms with van der Waals surface area (Å²) in [6.45, 7) is 8.12. The van der Waals surface area contributed by atoms with Crippen LogP contribution in [0.2, 0.25) is 0 Å². The van der Waals surface area contributed by atoms with Crippen LogP contribution in [0.25, 0.3) is 5.57 Å². The summed E-state index contributed by atoms with van der Waals surface area (Å²) in [4.78, 5) is 49.2. The lowest BCUT2D eigenvalue weighted by Gasteiger charge is -2.39. The first kappa shape index (κ1) is 30.1. The standard InChI is InChI=1S/C17H20O5.C16H16O5/c1-16(2)21-14(18)13(15(19)22-16)17(3)8-7-10-5-6-11(20-4)9-12(10)17;1-16(2)20-14(17)13(15(18)21-16)11-7-5-9-4-6-10(19-3)8-12(9)11/h5-6,9,13H,7-8H2,1-4H3;4,6,8H,5,7H2,1-3H3/t17-;/m0./s1. The second-order valence-corrected chi connectivity index (χ2v) is 12.2. The molecule has 0 N–H and O–H groups in total. The van der Waals surface area contributed by atoms with Crippen LogP contribution < -0.4 is 9.47 Å². The molecule has 0 aromatic heterocycles. The molecule has 0 radical (unpaired) electrons. The lowest BCUT2D eigenvalue weighted by atomic mass is 9.72. The highest BCUT2D eigenvalue weighted by Gasteiger charge is 2.55. The van der Waals surface area contributed by atoms with Gasteiger partial charge in [0.15, 0.2) is 5.92 Å². The highest BCUT2D eigenvalue weighted by molar-refractivity contribution is 6.21. The van der Waals surface area contributed by atoms with E-state index in [-0.39, 0.29) is 5.57 Å². The molecule has 2 aliphatic carbocycles. The van der Waals surface area contributed by atoms with Gasteiger partial charge in [-0.1, -0.05) is 19.1 Å². The number of aryl methyl sites for hydroxylation is 2. The van der Waals surface area contributed by atoms with E-state index in [9.17, 15) is 19.2 Å². The van der Waals surface area contributed by atoms with Crippen molar-refractivity contribution in [3.8, 4) is 11.5 Å². The molecule has 0 spiro atoms. The third-order valence-electron chi connectivity index (χ3n) is 8.32. The van der Waals surface area contributed by atoms with Gasteiger partial charge in [-0.2, -0.15) is 0 Å². The fourth-order valence-electron chi connectivity index (χ4n) is 6.24. The second kappa shape index (κ2) is 10.7. The SMILES string of the molecule is COc1ccc2c(c1)C(=C1C(=O)OC(C)(C)OC1=O)CC2.COc1ccc2c(c1)[C@@](C)(C1C(=O)OC(C)(C)OC1=O)CC2. The maximum Gasteiger partial charge on any atom is 0.349 e. The number of carbonyl (C=O) groups is 4. The quantitative estimate of drug-likeness (QED) is 0.217. The van der Waals surface area contributed by atoms with Gasteiger partial charge in [-0.3, -0.25) is 9.59 Å². The molecule has 2 aromatic rings. The first-order valence-electron chi connectivity index (χ1n) is 14.2. The maximum absolute atomic E-state index is 12.4. The predicted molar refractivity (Wildman–Crippen MR) is 153 cm³/mol. The van der Waals surface area contributed by atoms with E-state index in [0.717, 1.165) is 35.1 Å². The summed E-state index contributed by atoms with van der Waals surface area (Å²) >= 11 is 0. The molecule has 6 rings (SSSR count). The summed E-state index contributed by atoms with van der Waals surface area (Å²) in [7, 11) is 3.18. The van der Waals surface area contributed by atoms with Crippen molar-refractivity contribution in [3.05, 3.63) is 64.2 Å². The maximum atomic E-state index is 12.4. The molecule has 2 saturated heterocycles. The van der Waals surface area contributed by atoms with Crippen LogP contribution in [0, 0.1) is 5.92 Å². The fourth-order valence-corrected chi connectivity index (χ4v) is 6.24. The molecule has 0 unspecified atom stereocenters. The van der Waals surface area contributed by atoms with Crippen molar-refractivity contribution >= 4 is 29.5 Å². The Morgan fingerprint density at radius 3 is 1.79 bits per heavy atom. The third kappa shape index (κ3) is 5.58. The predicted octanol–water partition coefficient (Wildman–Crippen LogP) is 4.58. The molecule has 2 fully saturated rings. The van der Waals surface area contributed by atoms with Gasteiger partial charge in [-0.15, -0.1) is 0 Å². The minimum Gasteiger partial charge on any atom is -0.497 e.